The minimum Gasteiger partial charge on any atom is -0.485 e. The number of benzene rings is 2. The van der Waals surface area contributed by atoms with Crippen molar-refractivity contribution in [1.82, 2.24) is 0 Å². The number of methoxy groups -OCH3 is 2. The minimum atomic E-state index is 0. The lowest BCUT2D eigenvalue weighted by molar-refractivity contribution is 0.175. The van der Waals surface area contributed by atoms with Crippen LogP contribution in [0.4, 0.5) is 0 Å². The molecule has 164 valence electrons. The number of fused-ring (bicyclic) bond motifs is 1. The lowest BCUT2D eigenvalue weighted by Crippen LogP contribution is -2.14. The summed E-state index contributed by atoms with van der Waals surface area (Å²) >= 11 is 1.60. The van der Waals surface area contributed by atoms with Gasteiger partial charge in [0.1, 0.15) is 13.2 Å². The van der Waals surface area contributed by atoms with Gasteiger partial charge in [-0.3, -0.25) is 10.8 Å². The van der Waals surface area contributed by atoms with E-state index in [9.17, 15) is 0 Å². The molecule has 3 aromatic rings. The molecule has 0 amide bonds. The standard InChI is InChI=1S/C22H20N2O4S.2ClH/c1-25-21(23)15-7-3-13(4-8-15)19-17-18(28-12-11-27-17)20(29-19)14-5-9-16(10-6-14)22(24)26-2;;/h3-10,23-24H,11-12H2,1-2H3;2*1H. The van der Waals surface area contributed by atoms with Crippen molar-refractivity contribution >= 4 is 47.9 Å². The van der Waals surface area contributed by atoms with Gasteiger partial charge in [-0.25, -0.2) is 0 Å². The Kier molecular flexibility index (Phi) is 8.33. The molecular weight excluding hydrogens is 459 g/mol. The monoisotopic (exact) mass is 480 g/mol. The summed E-state index contributed by atoms with van der Waals surface area (Å²) in [6.07, 6.45) is 0. The molecule has 0 atom stereocenters. The second-order valence-corrected chi connectivity index (χ2v) is 7.36. The smallest absolute Gasteiger partial charge is 0.212 e. The van der Waals surface area contributed by atoms with Crippen molar-refractivity contribution in [3.8, 4) is 32.4 Å². The van der Waals surface area contributed by atoms with Gasteiger partial charge >= 0.3 is 0 Å². The zero-order chi connectivity index (χ0) is 20.4. The van der Waals surface area contributed by atoms with Crippen LogP contribution in [0.15, 0.2) is 48.5 Å². The van der Waals surface area contributed by atoms with E-state index >= 15 is 0 Å². The van der Waals surface area contributed by atoms with E-state index in [0.29, 0.717) is 13.2 Å². The van der Waals surface area contributed by atoms with E-state index in [1.165, 1.54) is 14.2 Å². The third kappa shape index (κ3) is 4.79. The zero-order valence-electron chi connectivity index (χ0n) is 16.9. The number of ether oxygens (including phenoxy) is 4. The number of halogens is 2. The topological polar surface area (TPSA) is 84.6 Å². The Balaban J connectivity index is 0.00000171. The van der Waals surface area contributed by atoms with Crippen molar-refractivity contribution in [3.63, 3.8) is 0 Å². The first-order chi connectivity index (χ1) is 14.1. The summed E-state index contributed by atoms with van der Waals surface area (Å²) in [5, 5.41) is 15.6. The molecule has 0 saturated heterocycles. The van der Waals surface area contributed by atoms with Crippen LogP contribution in [0.25, 0.3) is 20.9 Å². The van der Waals surface area contributed by atoms with Gasteiger partial charge in [-0.1, -0.05) is 24.3 Å². The van der Waals surface area contributed by atoms with Gasteiger partial charge in [0.2, 0.25) is 11.8 Å². The van der Waals surface area contributed by atoms with E-state index in [1.54, 1.807) is 11.3 Å². The van der Waals surface area contributed by atoms with Crippen molar-refractivity contribution in [1.29, 1.82) is 10.8 Å². The van der Waals surface area contributed by atoms with Gasteiger partial charge < -0.3 is 18.9 Å². The number of rotatable bonds is 4. The van der Waals surface area contributed by atoms with E-state index in [-0.39, 0.29) is 36.6 Å². The van der Waals surface area contributed by atoms with Gasteiger partial charge in [0.25, 0.3) is 0 Å². The summed E-state index contributed by atoms with van der Waals surface area (Å²) in [5.74, 6) is 1.76. The Morgan fingerprint density at radius 1 is 0.710 bits per heavy atom. The van der Waals surface area contributed by atoms with Crippen LogP contribution in [-0.2, 0) is 9.47 Å². The van der Waals surface area contributed by atoms with Crippen LogP contribution in [-0.4, -0.2) is 39.2 Å². The summed E-state index contributed by atoms with van der Waals surface area (Å²) in [5.41, 5.74) is 3.42. The van der Waals surface area contributed by atoms with E-state index < -0.39 is 0 Å². The second kappa shape index (κ2) is 10.5. The summed E-state index contributed by atoms with van der Waals surface area (Å²) in [7, 11) is 2.98. The minimum absolute atomic E-state index is 0. The van der Waals surface area contributed by atoms with Gasteiger partial charge in [-0.05, 0) is 35.4 Å². The molecule has 0 spiro atoms. The van der Waals surface area contributed by atoms with E-state index in [4.69, 9.17) is 29.8 Å². The number of thiophene rings is 1. The van der Waals surface area contributed by atoms with Crippen LogP contribution in [0.3, 0.4) is 0 Å². The summed E-state index contributed by atoms with van der Waals surface area (Å²) in [6, 6.07) is 15.3. The average molecular weight is 481 g/mol. The Bertz CT molecular complexity index is 982. The molecule has 6 nitrogen and oxygen atoms in total. The normalized spacial score (nSPS) is 11.5. The predicted octanol–water partition coefficient (Wildman–Crippen LogP) is 5.64. The fourth-order valence-electron chi connectivity index (χ4n) is 3.11. The molecule has 1 aliphatic heterocycles. The molecule has 0 aliphatic carbocycles. The first-order valence-electron chi connectivity index (χ1n) is 9.01. The third-order valence-corrected chi connectivity index (χ3v) is 5.88. The third-order valence-electron chi connectivity index (χ3n) is 4.63. The summed E-state index contributed by atoms with van der Waals surface area (Å²) in [4.78, 5) is 1.97. The average Bonchev–Trinajstić information content (AvgIpc) is 3.18. The Hall–Kier alpha value is -2.74. The van der Waals surface area contributed by atoms with Gasteiger partial charge in [-0.15, -0.1) is 36.2 Å². The van der Waals surface area contributed by atoms with Crippen LogP contribution in [0.1, 0.15) is 11.1 Å². The highest BCUT2D eigenvalue weighted by atomic mass is 35.5. The fraction of sp³-hybridized carbons (Fsp3) is 0.182. The molecule has 0 fully saturated rings. The fourth-order valence-corrected chi connectivity index (χ4v) is 4.31. The van der Waals surface area contributed by atoms with Crippen LogP contribution in [0, 0.1) is 10.8 Å². The maximum absolute atomic E-state index is 7.79. The van der Waals surface area contributed by atoms with Gasteiger partial charge in [0.15, 0.2) is 11.5 Å². The van der Waals surface area contributed by atoms with Crippen molar-refractivity contribution < 1.29 is 18.9 Å². The van der Waals surface area contributed by atoms with E-state index in [0.717, 1.165) is 43.5 Å². The maximum atomic E-state index is 7.79. The second-order valence-electron chi connectivity index (χ2n) is 6.34. The SMILES string of the molecule is COC(=N)c1ccc(-c2sc(-c3ccc(C(=N)OC)cc3)c3c2OCCO3)cc1.Cl.Cl. The van der Waals surface area contributed by atoms with Crippen molar-refractivity contribution in [2.24, 2.45) is 0 Å². The van der Waals surface area contributed by atoms with Gasteiger partial charge in [0.05, 0.1) is 24.0 Å². The van der Waals surface area contributed by atoms with Crippen molar-refractivity contribution in [3.05, 3.63) is 59.7 Å². The van der Waals surface area contributed by atoms with Crippen LogP contribution >= 0.6 is 36.2 Å². The van der Waals surface area contributed by atoms with Crippen LogP contribution in [0.2, 0.25) is 0 Å². The van der Waals surface area contributed by atoms with E-state index in [2.05, 4.69) is 0 Å². The molecule has 2 N–H and O–H groups in total. The van der Waals surface area contributed by atoms with Crippen LogP contribution in [0.5, 0.6) is 11.5 Å². The molecule has 2 heterocycles. The molecule has 0 saturated carbocycles. The molecule has 31 heavy (non-hydrogen) atoms. The Morgan fingerprint density at radius 2 is 1.06 bits per heavy atom. The van der Waals surface area contributed by atoms with Gasteiger partial charge in [0, 0.05) is 11.1 Å². The van der Waals surface area contributed by atoms with Crippen molar-refractivity contribution in [2.45, 2.75) is 0 Å². The highest BCUT2D eigenvalue weighted by Gasteiger charge is 2.26. The molecule has 0 unspecified atom stereocenters. The molecule has 4 rings (SSSR count). The first kappa shape index (κ1) is 24.5. The number of hydrogen-bond acceptors (Lipinski definition) is 7. The lowest BCUT2D eigenvalue weighted by atomic mass is 10.1. The Morgan fingerprint density at radius 3 is 1.39 bits per heavy atom. The quantitative estimate of drug-likeness (QED) is 0.373. The molecular formula is C22H22Cl2N2O4S. The van der Waals surface area contributed by atoms with Crippen molar-refractivity contribution in [2.75, 3.05) is 27.4 Å². The predicted molar refractivity (Wildman–Crippen MR) is 128 cm³/mol. The number of hydrogen-bond donors (Lipinski definition) is 2. The lowest BCUT2D eigenvalue weighted by Gasteiger charge is -2.17. The molecule has 1 aliphatic rings. The first-order valence-corrected chi connectivity index (χ1v) is 9.83. The molecule has 0 radical (unpaired) electrons. The number of nitrogens with one attached hydrogen (secondary N) is 2. The molecule has 0 bridgehead atoms. The van der Waals surface area contributed by atoms with Gasteiger partial charge in [-0.2, -0.15) is 0 Å². The Labute approximate surface area is 197 Å². The zero-order valence-corrected chi connectivity index (χ0v) is 19.3. The highest BCUT2D eigenvalue weighted by molar-refractivity contribution is 7.19. The largest absolute Gasteiger partial charge is 0.485 e. The van der Waals surface area contributed by atoms with Crippen LogP contribution < -0.4 is 9.47 Å². The maximum Gasteiger partial charge on any atom is 0.212 e. The molecule has 1 aromatic heterocycles. The summed E-state index contributed by atoms with van der Waals surface area (Å²) in [6.45, 7) is 1.01. The molecule has 2 aromatic carbocycles. The molecule has 9 heteroatoms. The highest BCUT2D eigenvalue weighted by Crippen LogP contribution is 2.53. The van der Waals surface area contributed by atoms with E-state index in [1.807, 2.05) is 48.5 Å². The summed E-state index contributed by atoms with van der Waals surface area (Å²) < 4.78 is 21.9.